The van der Waals surface area contributed by atoms with Crippen LogP contribution in [0, 0.1) is 11.3 Å². The number of methoxy groups -OCH3 is 1. The van der Waals surface area contributed by atoms with Crippen molar-refractivity contribution in [1.82, 2.24) is 0 Å². The van der Waals surface area contributed by atoms with Crippen LogP contribution in [0.3, 0.4) is 0 Å². The molecule has 1 aromatic rings. The van der Waals surface area contributed by atoms with E-state index in [1.54, 1.807) is 19.2 Å². The van der Waals surface area contributed by atoms with Crippen molar-refractivity contribution in [2.45, 2.75) is 13.3 Å². The Morgan fingerprint density at radius 3 is 2.69 bits per heavy atom. The Labute approximate surface area is 86.3 Å². The molecule has 13 heavy (non-hydrogen) atoms. The van der Waals surface area contributed by atoms with Crippen molar-refractivity contribution in [3.63, 3.8) is 0 Å². The summed E-state index contributed by atoms with van der Waals surface area (Å²) in [5.74, 6) is 0.772. The van der Waals surface area contributed by atoms with Crippen LogP contribution in [0.2, 0.25) is 0 Å². The summed E-state index contributed by atoms with van der Waals surface area (Å²) in [7, 11) is 1.61. The summed E-state index contributed by atoms with van der Waals surface area (Å²) in [4.78, 5) is 0. The van der Waals surface area contributed by atoms with Crippen LogP contribution in [0.25, 0.3) is 0 Å². The number of benzene rings is 1. The highest BCUT2D eigenvalue weighted by Gasteiger charge is 2.07. The number of halogens is 1. The zero-order chi connectivity index (χ0) is 9.84. The molecule has 0 saturated heterocycles. The van der Waals surface area contributed by atoms with E-state index in [4.69, 9.17) is 10.00 Å². The monoisotopic (exact) mass is 239 g/mol. The molecule has 0 amide bonds. The minimum Gasteiger partial charge on any atom is -0.496 e. The second kappa shape index (κ2) is 4.29. The Morgan fingerprint density at radius 1 is 1.54 bits per heavy atom. The fraction of sp³-hybridized carbons (Fsp3) is 0.300. The van der Waals surface area contributed by atoms with Gasteiger partial charge in [-0.1, -0.05) is 22.9 Å². The highest BCUT2D eigenvalue weighted by atomic mass is 79.9. The van der Waals surface area contributed by atoms with E-state index in [0.29, 0.717) is 5.56 Å². The van der Waals surface area contributed by atoms with Gasteiger partial charge in [-0.05, 0) is 18.6 Å². The van der Waals surface area contributed by atoms with E-state index in [1.807, 2.05) is 0 Å². The third-order valence-electron chi connectivity index (χ3n) is 1.86. The maximum absolute atomic E-state index is 8.72. The van der Waals surface area contributed by atoms with Gasteiger partial charge in [0.25, 0.3) is 0 Å². The molecule has 0 N–H and O–H groups in total. The van der Waals surface area contributed by atoms with Crippen LogP contribution >= 0.6 is 15.9 Å². The Balaban J connectivity index is 3.31. The standard InChI is InChI=1S/C10H10BrNO/c1-3-8-9(11)4-7(6-12)5-10(8)13-2/h4-5H,3H2,1-2H3. The van der Waals surface area contributed by atoms with E-state index in [9.17, 15) is 0 Å². The number of hydrogen-bond acceptors (Lipinski definition) is 2. The summed E-state index contributed by atoms with van der Waals surface area (Å²) >= 11 is 3.41. The summed E-state index contributed by atoms with van der Waals surface area (Å²) in [5, 5.41) is 8.72. The average Bonchev–Trinajstić information content (AvgIpc) is 2.16. The van der Waals surface area contributed by atoms with Gasteiger partial charge in [0.2, 0.25) is 0 Å². The smallest absolute Gasteiger partial charge is 0.124 e. The molecule has 0 spiro atoms. The predicted molar refractivity (Wildman–Crippen MR) is 54.8 cm³/mol. The Morgan fingerprint density at radius 2 is 2.23 bits per heavy atom. The summed E-state index contributed by atoms with van der Waals surface area (Å²) in [6.07, 6.45) is 0.884. The van der Waals surface area contributed by atoms with E-state index < -0.39 is 0 Å². The number of nitriles is 1. The molecule has 0 saturated carbocycles. The Bertz CT molecular complexity index is 355. The molecule has 3 heteroatoms. The average molecular weight is 240 g/mol. The van der Waals surface area contributed by atoms with E-state index >= 15 is 0 Å². The maximum atomic E-state index is 8.72. The molecule has 1 aromatic carbocycles. The van der Waals surface area contributed by atoms with Gasteiger partial charge >= 0.3 is 0 Å². The molecule has 0 bridgehead atoms. The van der Waals surface area contributed by atoms with Crippen molar-refractivity contribution in [1.29, 1.82) is 5.26 Å². The van der Waals surface area contributed by atoms with E-state index in [2.05, 4.69) is 28.9 Å². The molecule has 0 heterocycles. The van der Waals surface area contributed by atoms with Crippen molar-refractivity contribution in [2.75, 3.05) is 7.11 Å². The molecular formula is C10H10BrNO. The van der Waals surface area contributed by atoms with Gasteiger partial charge in [-0.2, -0.15) is 5.26 Å². The predicted octanol–water partition coefficient (Wildman–Crippen LogP) is 2.89. The lowest BCUT2D eigenvalue weighted by atomic mass is 10.1. The van der Waals surface area contributed by atoms with Gasteiger partial charge in [0.15, 0.2) is 0 Å². The molecule has 0 aromatic heterocycles. The molecular weight excluding hydrogens is 230 g/mol. The van der Waals surface area contributed by atoms with Crippen LogP contribution < -0.4 is 4.74 Å². The minimum atomic E-state index is 0.612. The van der Waals surface area contributed by atoms with Crippen LogP contribution in [0.1, 0.15) is 18.1 Å². The number of hydrogen-bond donors (Lipinski definition) is 0. The second-order valence-corrected chi connectivity index (χ2v) is 3.46. The first kappa shape index (κ1) is 10.1. The van der Waals surface area contributed by atoms with Gasteiger partial charge < -0.3 is 4.74 Å². The van der Waals surface area contributed by atoms with Gasteiger partial charge in [-0.15, -0.1) is 0 Å². The van der Waals surface area contributed by atoms with Crippen molar-refractivity contribution in [2.24, 2.45) is 0 Å². The minimum absolute atomic E-state index is 0.612. The first-order chi connectivity index (χ1) is 6.22. The van der Waals surface area contributed by atoms with Crippen LogP contribution in [-0.4, -0.2) is 7.11 Å². The highest BCUT2D eigenvalue weighted by molar-refractivity contribution is 9.10. The topological polar surface area (TPSA) is 33.0 Å². The maximum Gasteiger partial charge on any atom is 0.124 e. The van der Waals surface area contributed by atoms with Crippen LogP contribution in [0.5, 0.6) is 5.75 Å². The SMILES string of the molecule is CCc1c(Br)cc(C#N)cc1OC. The molecule has 2 nitrogen and oxygen atoms in total. The molecule has 0 aliphatic heterocycles. The lowest BCUT2D eigenvalue weighted by Crippen LogP contribution is -1.93. The lowest BCUT2D eigenvalue weighted by molar-refractivity contribution is 0.409. The summed E-state index contributed by atoms with van der Waals surface area (Å²) in [5.41, 5.74) is 1.71. The number of nitrogens with zero attached hydrogens (tertiary/aromatic N) is 1. The van der Waals surface area contributed by atoms with Crippen LogP contribution in [-0.2, 0) is 6.42 Å². The zero-order valence-electron chi connectivity index (χ0n) is 7.60. The Hall–Kier alpha value is -1.01. The van der Waals surface area contributed by atoms with E-state index in [0.717, 1.165) is 22.2 Å². The van der Waals surface area contributed by atoms with Crippen molar-refractivity contribution in [3.8, 4) is 11.8 Å². The molecule has 0 fully saturated rings. The van der Waals surface area contributed by atoms with Crippen molar-refractivity contribution >= 4 is 15.9 Å². The van der Waals surface area contributed by atoms with Gasteiger partial charge in [-0.3, -0.25) is 0 Å². The first-order valence-electron chi connectivity index (χ1n) is 3.99. The molecule has 1 rings (SSSR count). The quantitative estimate of drug-likeness (QED) is 0.796. The summed E-state index contributed by atoms with van der Waals surface area (Å²) in [6.45, 7) is 2.05. The normalized spacial score (nSPS) is 9.38. The highest BCUT2D eigenvalue weighted by Crippen LogP contribution is 2.28. The summed E-state index contributed by atoms with van der Waals surface area (Å²) in [6, 6.07) is 5.64. The summed E-state index contributed by atoms with van der Waals surface area (Å²) < 4.78 is 6.11. The van der Waals surface area contributed by atoms with E-state index in [1.165, 1.54) is 0 Å². The van der Waals surface area contributed by atoms with Gasteiger partial charge in [0, 0.05) is 10.0 Å². The van der Waals surface area contributed by atoms with Gasteiger partial charge in [0.05, 0.1) is 18.7 Å². The second-order valence-electron chi connectivity index (χ2n) is 2.60. The van der Waals surface area contributed by atoms with Crippen molar-refractivity contribution in [3.05, 3.63) is 27.7 Å². The lowest BCUT2D eigenvalue weighted by Gasteiger charge is -2.08. The fourth-order valence-electron chi connectivity index (χ4n) is 1.20. The van der Waals surface area contributed by atoms with Crippen LogP contribution in [0.15, 0.2) is 16.6 Å². The van der Waals surface area contributed by atoms with Gasteiger partial charge in [0.1, 0.15) is 5.75 Å². The molecule has 0 radical (unpaired) electrons. The third kappa shape index (κ3) is 2.02. The van der Waals surface area contributed by atoms with Crippen molar-refractivity contribution < 1.29 is 4.74 Å². The zero-order valence-corrected chi connectivity index (χ0v) is 9.18. The number of rotatable bonds is 2. The molecule has 0 aliphatic carbocycles. The Kier molecular flexibility index (Phi) is 3.32. The number of ether oxygens (including phenoxy) is 1. The molecule has 0 aliphatic rings. The largest absolute Gasteiger partial charge is 0.496 e. The molecule has 0 unspecified atom stereocenters. The first-order valence-corrected chi connectivity index (χ1v) is 4.78. The molecule has 0 atom stereocenters. The fourth-order valence-corrected chi connectivity index (χ4v) is 1.92. The third-order valence-corrected chi connectivity index (χ3v) is 2.56. The van der Waals surface area contributed by atoms with Gasteiger partial charge in [-0.25, -0.2) is 0 Å². The van der Waals surface area contributed by atoms with Crippen LogP contribution in [0.4, 0.5) is 0 Å². The van der Waals surface area contributed by atoms with E-state index in [-0.39, 0.29) is 0 Å². The molecule has 68 valence electrons.